The minimum Gasteiger partial charge on any atom is -0.487 e. The average Bonchev–Trinajstić information content (AvgIpc) is 3.33. The molecule has 0 atom stereocenters. The fraction of sp³-hybridized carbons (Fsp3) is 0.367. The Morgan fingerprint density at radius 1 is 1.02 bits per heavy atom. The van der Waals surface area contributed by atoms with Gasteiger partial charge in [-0.2, -0.15) is 0 Å². The molecular formula is C30H36N6O5. The molecule has 0 radical (unpaired) electrons. The van der Waals surface area contributed by atoms with E-state index in [-0.39, 0.29) is 5.91 Å². The number of aromatic nitrogens is 2. The molecule has 0 unspecified atom stereocenters. The molecule has 2 aliphatic heterocycles. The van der Waals surface area contributed by atoms with Gasteiger partial charge in [-0.05, 0) is 35.9 Å². The van der Waals surface area contributed by atoms with Gasteiger partial charge in [0, 0.05) is 52.2 Å². The molecule has 3 aromatic rings. The fourth-order valence-electron chi connectivity index (χ4n) is 4.83. The van der Waals surface area contributed by atoms with Crippen molar-refractivity contribution in [2.75, 3.05) is 81.9 Å². The van der Waals surface area contributed by atoms with Crippen LogP contribution < -0.4 is 29.9 Å². The highest BCUT2D eigenvalue weighted by molar-refractivity contribution is 6.10. The van der Waals surface area contributed by atoms with Crippen LogP contribution in [0, 0.1) is 0 Å². The summed E-state index contributed by atoms with van der Waals surface area (Å²) in [5, 5.41) is 6.78. The van der Waals surface area contributed by atoms with E-state index in [1.54, 1.807) is 37.6 Å². The van der Waals surface area contributed by atoms with Gasteiger partial charge in [0.05, 0.1) is 48.7 Å². The molecule has 0 aliphatic carbocycles. The van der Waals surface area contributed by atoms with Crippen molar-refractivity contribution in [3.8, 4) is 11.5 Å². The molecule has 1 amide bonds. The van der Waals surface area contributed by atoms with Gasteiger partial charge in [-0.25, -0.2) is 4.98 Å². The quantitative estimate of drug-likeness (QED) is 0.303. The predicted octanol–water partition coefficient (Wildman–Crippen LogP) is 3.18. The lowest BCUT2D eigenvalue weighted by Gasteiger charge is -2.31. The zero-order valence-corrected chi connectivity index (χ0v) is 23.5. The molecule has 4 heterocycles. The predicted molar refractivity (Wildman–Crippen MR) is 158 cm³/mol. The maximum atomic E-state index is 13.5. The van der Waals surface area contributed by atoms with Gasteiger partial charge in [0.15, 0.2) is 11.5 Å². The van der Waals surface area contributed by atoms with Crippen molar-refractivity contribution >= 4 is 28.8 Å². The molecule has 0 saturated carbocycles. The van der Waals surface area contributed by atoms with Crippen LogP contribution in [0.3, 0.4) is 0 Å². The lowest BCUT2D eigenvalue weighted by atomic mass is 10.1. The van der Waals surface area contributed by atoms with E-state index >= 15 is 0 Å². The number of carbonyl (C=O) groups is 1. The number of pyridine rings is 2. The molecule has 5 rings (SSSR count). The van der Waals surface area contributed by atoms with Crippen molar-refractivity contribution < 1.29 is 23.7 Å². The number of hydrogen-bond donors (Lipinski definition) is 2. The average molecular weight is 561 g/mol. The monoisotopic (exact) mass is 560 g/mol. The number of nitrogens with zero attached hydrogens (tertiary/aromatic N) is 4. The molecule has 11 heteroatoms. The first-order valence-electron chi connectivity index (χ1n) is 13.6. The van der Waals surface area contributed by atoms with Gasteiger partial charge >= 0.3 is 0 Å². The number of anilines is 3. The van der Waals surface area contributed by atoms with Crippen LogP contribution in [-0.2, 0) is 16.0 Å². The SMILES string of the molecule is C=C(Nc1cnccc1N1CCNCC1)c1cccc(N2Cc3cc(OCCOC)c(OCCOC)cc3C2=O)n1. The minimum atomic E-state index is -0.156. The van der Waals surface area contributed by atoms with Crippen LogP contribution >= 0.6 is 0 Å². The molecule has 2 aromatic heterocycles. The molecule has 11 nitrogen and oxygen atoms in total. The van der Waals surface area contributed by atoms with Crippen molar-refractivity contribution in [1.82, 2.24) is 15.3 Å². The second kappa shape index (κ2) is 13.4. The number of carbonyl (C=O) groups excluding carboxylic acids is 1. The lowest BCUT2D eigenvalue weighted by molar-refractivity contribution is 0.0995. The molecular weight excluding hydrogens is 524 g/mol. The summed E-state index contributed by atoms with van der Waals surface area (Å²) in [6.07, 6.45) is 3.59. The van der Waals surface area contributed by atoms with Crippen molar-refractivity contribution in [2.45, 2.75) is 6.54 Å². The highest BCUT2D eigenvalue weighted by Gasteiger charge is 2.31. The molecule has 0 bridgehead atoms. The fourth-order valence-corrected chi connectivity index (χ4v) is 4.83. The zero-order valence-electron chi connectivity index (χ0n) is 23.5. The molecule has 1 aromatic carbocycles. The van der Waals surface area contributed by atoms with Crippen molar-refractivity contribution in [1.29, 1.82) is 0 Å². The molecule has 2 aliphatic rings. The largest absolute Gasteiger partial charge is 0.487 e. The summed E-state index contributed by atoms with van der Waals surface area (Å²) in [5.74, 6) is 1.42. The minimum absolute atomic E-state index is 0.156. The van der Waals surface area contributed by atoms with Gasteiger partial charge < -0.3 is 34.5 Å². The van der Waals surface area contributed by atoms with Crippen LogP contribution in [0.15, 0.2) is 55.4 Å². The smallest absolute Gasteiger partial charge is 0.260 e. The van der Waals surface area contributed by atoms with E-state index in [1.807, 2.05) is 30.3 Å². The number of amides is 1. The third-order valence-electron chi connectivity index (χ3n) is 6.93. The number of ether oxygens (including phenoxy) is 4. The van der Waals surface area contributed by atoms with E-state index in [1.165, 1.54) is 0 Å². The molecule has 2 N–H and O–H groups in total. The highest BCUT2D eigenvalue weighted by Crippen LogP contribution is 2.37. The number of rotatable bonds is 13. The summed E-state index contributed by atoms with van der Waals surface area (Å²) in [6, 6.07) is 11.2. The number of nitrogens with one attached hydrogen (secondary N) is 2. The molecule has 41 heavy (non-hydrogen) atoms. The Bertz CT molecular complexity index is 1380. The number of piperazine rings is 1. The second-order valence-corrected chi connectivity index (χ2v) is 9.64. The number of fused-ring (bicyclic) bond motifs is 1. The van der Waals surface area contributed by atoms with Gasteiger partial charge in [-0.15, -0.1) is 0 Å². The summed E-state index contributed by atoms with van der Waals surface area (Å²) >= 11 is 0. The van der Waals surface area contributed by atoms with Crippen LogP contribution in [-0.4, -0.2) is 82.7 Å². The highest BCUT2D eigenvalue weighted by atomic mass is 16.5. The van der Waals surface area contributed by atoms with Crippen LogP contribution in [0.5, 0.6) is 11.5 Å². The maximum Gasteiger partial charge on any atom is 0.260 e. The molecule has 1 fully saturated rings. The molecule has 216 valence electrons. The van der Waals surface area contributed by atoms with Gasteiger partial charge in [-0.1, -0.05) is 12.6 Å². The van der Waals surface area contributed by atoms with Gasteiger partial charge in [0.1, 0.15) is 19.0 Å². The van der Waals surface area contributed by atoms with Crippen LogP contribution in [0.25, 0.3) is 5.70 Å². The molecule has 0 spiro atoms. The lowest BCUT2D eigenvalue weighted by Crippen LogP contribution is -2.43. The third-order valence-corrected chi connectivity index (χ3v) is 6.93. The Labute approximate surface area is 240 Å². The Hall–Kier alpha value is -4.19. The summed E-state index contributed by atoms with van der Waals surface area (Å²) < 4.78 is 22.0. The van der Waals surface area contributed by atoms with Gasteiger partial charge in [-0.3, -0.25) is 14.7 Å². The normalized spacial score (nSPS) is 14.6. The number of methoxy groups -OCH3 is 2. The van der Waals surface area contributed by atoms with Gasteiger partial charge in [0.2, 0.25) is 0 Å². The first kappa shape index (κ1) is 28.3. The Morgan fingerprint density at radius 3 is 2.49 bits per heavy atom. The van der Waals surface area contributed by atoms with E-state index in [2.05, 4.69) is 27.1 Å². The topological polar surface area (TPSA) is 110 Å². The van der Waals surface area contributed by atoms with E-state index in [4.69, 9.17) is 23.9 Å². The van der Waals surface area contributed by atoms with Crippen LogP contribution in [0.1, 0.15) is 21.6 Å². The Morgan fingerprint density at radius 2 is 1.76 bits per heavy atom. The standard InChI is InChI=1S/C30H36N6O5/c1-21(33-25-19-32-8-7-26(25)35-11-9-31-10-12-35)24-5-4-6-29(34-24)36-20-22-17-27(40-15-13-38-2)28(41-16-14-39-3)18-23(22)30(36)37/h4-8,17-19,31,33H,1,9-16,20H2,2-3H3. The Balaban J connectivity index is 1.34. The van der Waals surface area contributed by atoms with Crippen LogP contribution in [0.2, 0.25) is 0 Å². The number of hydrogen-bond acceptors (Lipinski definition) is 10. The maximum absolute atomic E-state index is 13.5. The first-order valence-corrected chi connectivity index (χ1v) is 13.6. The Kier molecular flexibility index (Phi) is 9.29. The number of benzene rings is 1. The summed E-state index contributed by atoms with van der Waals surface area (Å²) in [5.41, 5.74) is 4.56. The van der Waals surface area contributed by atoms with E-state index < -0.39 is 0 Å². The molecule has 1 saturated heterocycles. The van der Waals surface area contributed by atoms with E-state index in [9.17, 15) is 4.79 Å². The van der Waals surface area contributed by atoms with Crippen molar-refractivity contribution in [3.63, 3.8) is 0 Å². The summed E-state index contributed by atoms with van der Waals surface area (Å²) in [4.78, 5) is 26.6. The van der Waals surface area contributed by atoms with E-state index in [0.29, 0.717) is 67.2 Å². The van der Waals surface area contributed by atoms with E-state index in [0.717, 1.165) is 43.1 Å². The second-order valence-electron chi connectivity index (χ2n) is 9.64. The van der Waals surface area contributed by atoms with Crippen LogP contribution in [0.4, 0.5) is 17.2 Å². The van der Waals surface area contributed by atoms with Gasteiger partial charge in [0.25, 0.3) is 5.91 Å². The van der Waals surface area contributed by atoms with Crippen molar-refractivity contribution in [3.05, 3.63) is 72.2 Å². The summed E-state index contributed by atoms with van der Waals surface area (Å²) in [6.45, 7) is 9.83. The summed E-state index contributed by atoms with van der Waals surface area (Å²) in [7, 11) is 3.23. The first-order chi connectivity index (χ1) is 20.1. The van der Waals surface area contributed by atoms with Crippen molar-refractivity contribution in [2.24, 2.45) is 0 Å². The third kappa shape index (κ3) is 6.59. The zero-order chi connectivity index (χ0) is 28.6.